The van der Waals surface area contributed by atoms with Crippen molar-refractivity contribution in [3.05, 3.63) is 114 Å². The second-order valence-electron chi connectivity index (χ2n) is 9.23. The number of rotatable bonds is 13. The third-order valence-corrected chi connectivity index (χ3v) is 8.70. The maximum Gasteiger partial charge on any atom is 0.264 e. The Morgan fingerprint density at radius 1 is 0.929 bits per heavy atom. The van der Waals surface area contributed by atoms with E-state index in [-0.39, 0.29) is 4.90 Å². The average Bonchev–Trinajstić information content (AvgIpc) is 3.00. The van der Waals surface area contributed by atoms with Gasteiger partial charge >= 0.3 is 0 Å². The Hall–Kier alpha value is -4.28. The van der Waals surface area contributed by atoms with Gasteiger partial charge in [-0.15, -0.1) is 11.8 Å². The molecule has 218 valence electrons. The molecule has 0 heterocycles. The minimum atomic E-state index is -4.03. The van der Waals surface area contributed by atoms with Crippen LogP contribution in [0, 0.1) is 6.92 Å². The van der Waals surface area contributed by atoms with Gasteiger partial charge in [-0.2, -0.15) is 5.10 Å². The van der Waals surface area contributed by atoms with E-state index in [4.69, 9.17) is 9.47 Å². The van der Waals surface area contributed by atoms with E-state index in [1.807, 2.05) is 50.4 Å². The van der Waals surface area contributed by atoms with Gasteiger partial charge in [0.2, 0.25) is 0 Å². The number of sulfonamides is 1. The lowest BCUT2D eigenvalue weighted by atomic mass is 10.2. The van der Waals surface area contributed by atoms with Crippen LogP contribution in [-0.2, 0) is 21.4 Å². The zero-order valence-electron chi connectivity index (χ0n) is 23.7. The van der Waals surface area contributed by atoms with Crippen LogP contribution < -0.4 is 19.2 Å². The SMILES string of the molecule is CCOc1cc(/C=N\NC(=O)CN(c2ccc(C)cc2)S(=O)(=O)c2ccc(SC)cc2)ccc1OCc1ccccc1. The Morgan fingerprint density at radius 2 is 1.64 bits per heavy atom. The van der Waals surface area contributed by atoms with Crippen molar-refractivity contribution in [3.8, 4) is 11.5 Å². The summed E-state index contributed by atoms with van der Waals surface area (Å²) in [4.78, 5) is 14.0. The van der Waals surface area contributed by atoms with Crippen LogP contribution in [0.3, 0.4) is 0 Å². The highest BCUT2D eigenvalue weighted by atomic mass is 32.2. The normalized spacial score (nSPS) is 11.3. The molecule has 0 atom stereocenters. The molecule has 1 amide bonds. The molecule has 0 fully saturated rings. The van der Waals surface area contributed by atoms with Crippen molar-refractivity contribution < 1.29 is 22.7 Å². The zero-order chi connectivity index (χ0) is 30.0. The topological polar surface area (TPSA) is 97.3 Å². The van der Waals surface area contributed by atoms with Crippen molar-refractivity contribution in [2.24, 2.45) is 5.10 Å². The first kappa shape index (κ1) is 30.7. The van der Waals surface area contributed by atoms with Gasteiger partial charge in [-0.1, -0.05) is 48.0 Å². The Labute approximate surface area is 251 Å². The second-order valence-corrected chi connectivity index (χ2v) is 12.0. The molecule has 0 aliphatic carbocycles. The van der Waals surface area contributed by atoms with Crippen molar-refractivity contribution in [1.29, 1.82) is 0 Å². The van der Waals surface area contributed by atoms with Crippen LogP contribution in [0.4, 0.5) is 5.69 Å². The summed E-state index contributed by atoms with van der Waals surface area (Å²) in [5.41, 5.74) is 5.50. The van der Waals surface area contributed by atoms with Crippen LogP contribution in [0.1, 0.15) is 23.6 Å². The van der Waals surface area contributed by atoms with Gasteiger partial charge in [-0.05, 0) is 85.8 Å². The highest BCUT2D eigenvalue weighted by molar-refractivity contribution is 7.98. The fourth-order valence-electron chi connectivity index (χ4n) is 3.97. The molecule has 0 aliphatic rings. The molecular weight excluding hydrogens is 571 g/mol. The molecular formula is C32H33N3O5S2. The van der Waals surface area contributed by atoms with Crippen molar-refractivity contribution >= 4 is 39.6 Å². The summed E-state index contributed by atoms with van der Waals surface area (Å²) < 4.78 is 40.0. The fourth-order valence-corrected chi connectivity index (χ4v) is 5.80. The fraction of sp³-hybridized carbons (Fsp3) is 0.188. The summed E-state index contributed by atoms with van der Waals surface area (Å²) >= 11 is 1.51. The molecule has 42 heavy (non-hydrogen) atoms. The van der Waals surface area contributed by atoms with Crippen molar-refractivity contribution in [3.63, 3.8) is 0 Å². The van der Waals surface area contributed by atoms with E-state index in [1.54, 1.807) is 66.7 Å². The number of amides is 1. The number of carbonyl (C=O) groups is 1. The smallest absolute Gasteiger partial charge is 0.264 e. The van der Waals surface area contributed by atoms with Gasteiger partial charge < -0.3 is 9.47 Å². The number of nitrogens with one attached hydrogen (secondary N) is 1. The largest absolute Gasteiger partial charge is 0.490 e. The summed E-state index contributed by atoms with van der Waals surface area (Å²) in [6, 6.07) is 28.7. The Morgan fingerprint density at radius 3 is 2.31 bits per heavy atom. The van der Waals surface area contributed by atoms with Gasteiger partial charge in [0.1, 0.15) is 13.2 Å². The number of thioether (sulfide) groups is 1. The third-order valence-electron chi connectivity index (χ3n) is 6.16. The van der Waals surface area contributed by atoms with E-state index in [2.05, 4.69) is 10.5 Å². The molecule has 10 heteroatoms. The summed E-state index contributed by atoms with van der Waals surface area (Å²) in [5, 5.41) is 4.06. The molecule has 0 bridgehead atoms. The number of hydrogen-bond acceptors (Lipinski definition) is 7. The molecule has 0 spiro atoms. The number of anilines is 1. The summed E-state index contributed by atoms with van der Waals surface area (Å²) in [6.07, 6.45) is 3.38. The third kappa shape index (κ3) is 8.14. The predicted molar refractivity (Wildman–Crippen MR) is 168 cm³/mol. The monoisotopic (exact) mass is 603 g/mol. The van der Waals surface area contributed by atoms with Crippen LogP contribution in [0.2, 0.25) is 0 Å². The standard InChI is InChI=1S/C32H33N3O5S2/c1-4-39-31-20-26(12-19-30(31)40-23-25-8-6-5-7-9-25)21-33-34-32(36)22-35(27-13-10-24(2)11-14-27)42(37,38)29-17-15-28(41-3)16-18-29/h5-21H,4,22-23H2,1-3H3,(H,34,36)/b33-21-. The second kappa shape index (κ2) is 14.6. The molecule has 0 unspecified atom stereocenters. The Kier molecular flexibility index (Phi) is 10.6. The number of carbonyl (C=O) groups excluding carboxylic acids is 1. The zero-order valence-corrected chi connectivity index (χ0v) is 25.3. The van der Waals surface area contributed by atoms with Crippen molar-refractivity contribution in [2.75, 3.05) is 23.7 Å². The predicted octanol–water partition coefficient (Wildman–Crippen LogP) is 6.04. The average molecular weight is 604 g/mol. The lowest BCUT2D eigenvalue weighted by Gasteiger charge is -2.24. The number of aryl methyl sites for hydroxylation is 1. The maximum absolute atomic E-state index is 13.6. The van der Waals surface area contributed by atoms with E-state index in [9.17, 15) is 13.2 Å². The van der Waals surface area contributed by atoms with Gasteiger partial charge in [0.15, 0.2) is 11.5 Å². The van der Waals surface area contributed by atoms with Gasteiger partial charge in [-0.3, -0.25) is 9.10 Å². The van der Waals surface area contributed by atoms with E-state index in [0.717, 1.165) is 20.3 Å². The molecule has 0 radical (unpaired) electrons. The van der Waals surface area contributed by atoms with E-state index < -0.39 is 22.5 Å². The maximum atomic E-state index is 13.6. The lowest BCUT2D eigenvalue weighted by Crippen LogP contribution is -2.39. The van der Waals surface area contributed by atoms with Crippen molar-refractivity contribution in [2.45, 2.75) is 30.2 Å². The molecule has 4 aromatic rings. The summed E-state index contributed by atoms with van der Waals surface area (Å²) in [7, 11) is -4.03. The van der Waals surface area contributed by atoms with Gasteiger partial charge in [0.25, 0.3) is 15.9 Å². The van der Waals surface area contributed by atoms with E-state index >= 15 is 0 Å². The minimum Gasteiger partial charge on any atom is -0.490 e. The van der Waals surface area contributed by atoms with E-state index in [0.29, 0.717) is 36.0 Å². The lowest BCUT2D eigenvalue weighted by molar-refractivity contribution is -0.119. The molecule has 0 aromatic heterocycles. The first-order chi connectivity index (χ1) is 20.3. The minimum absolute atomic E-state index is 0.0928. The molecule has 0 aliphatic heterocycles. The number of benzene rings is 4. The number of hydrazone groups is 1. The van der Waals surface area contributed by atoms with Crippen LogP contribution >= 0.6 is 11.8 Å². The Balaban J connectivity index is 1.47. The van der Waals surface area contributed by atoms with Gasteiger partial charge in [0.05, 0.1) is 23.4 Å². The molecule has 8 nitrogen and oxygen atoms in total. The summed E-state index contributed by atoms with van der Waals surface area (Å²) in [5.74, 6) is 0.545. The first-order valence-electron chi connectivity index (χ1n) is 13.3. The van der Waals surface area contributed by atoms with E-state index in [1.165, 1.54) is 18.0 Å². The number of nitrogens with zero attached hydrogens (tertiary/aromatic N) is 2. The number of hydrogen-bond donors (Lipinski definition) is 1. The highest BCUT2D eigenvalue weighted by Gasteiger charge is 2.27. The van der Waals surface area contributed by atoms with Crippen LogP contribution in [0.15, 0.2) is 112 Å². The van der Waals surface area contributed by atoms with Gasteiger partial charge in [0, 0.05) is 4.90 Å². The van der Waals surface area contributed by atoms with Crippen LogP contribution in [0.25, 0.3) is 0 Å². The van der Waals surface area contributed by atoms with Crippen LogP contribution in [-0.4, -0.2) is 39.9 Å². The Bertz CT molecular complexity index is 1610. The van der Waals surface area contributed by atoms with Gasteiger partial charge in [-0.25, -0.2) is 13.8 Å². The molecule has 1 N–H and O–H groups in total. The van der Waals surface area contributed by atoms with Crippen molar-refractivity contribution in [1.82, 2.24) is 5.43 Å². The molecule has 0 saturated carbocycles. The highest BCUT2D eigenvalue weighted by Crippen LogP contribution is 2.29. The molecule has 4 aromatic carbocycles. The first-order valence-corrected chi connectivity index (χ1v) is 16.0. The summed E-state index contributed by atoms with van der Waals surface area (Å²) in [6.45, 7) is 4.18. The quantitative estimate of drug-likeness (QED) is 0.114. The van der Waals surface area contributed by atoms with Crippen LogP contribution in [0.5, 0.6) is 11.5 Å². The molecule has 4 rings (SSSR count). The number of ether oxygens (including phenoxy) is 2. The molecule has 0 saturated heterocycles.